The standard InChI is InChI=1S/C12H16NO3/c1-4-7-16-12-6-5-10(9(2)3)8-11(12)13(14)15/h5-6,8H,4,7H2,1-3H3. The van der Waals surface area contributed by atoms with E-state index in [1.165, 1.54) is 0 Å². The lowest BCUT2D eigenvalue weighted by Crippen LogP contribution is -2.00. The summed E-state index contributed by atoms with van der Waals surface area (Å²) in [4.78, 5) is 10.5. The van der Waals surface area contributed by atoms with Crippen molar-refractivity contribution in [3.05, 3.63) is 39.8 Å². The van der Waals surface area contributed by atoms with Gasteiger partial charge in [0, 0.05) is 6.07 Å². The molecule has 1 aromatic rings. The number of hydrogen-bond donors (Lipinski definition) is 0. The summed E-state index contributed by atoms with van der Waals surface area (Å²) in [5, 5.41) is 10.9. The van der Waals surface area contributed by atoms with E-state index in [1.54, 1.807) is 12.1 Å². The van der Waals surface area contributed by atoms with Crippen molar-refractivity contribution in [1.29, 1.82) is 0 Å². The molecule has 0 saturated carbocycles. The first-order valence-electron chi connectivity index (χ1n) is 5.28. The van der Waals surface area contributed by atoms with Gasteiger partial charge in [0.05, 0.1) is 11.5 Å². The van der Waals surface area contributed by atoms with E-state index in [0.717, 1.165) is 17.9 Å². The molecule has 4 heteroatoms. The summed E-state index contributed by atoms with van der Waals surface area (Å²) in [5.74, 6) is 1.39. The van der Waals surface area contributed by atoms with Gasteiger partial charge in [-0.05, 0) is 24.0 Å². The molecule has 87 valence electrons. The van der Waals surface area contributed by atoms with E-state index in [9.17, 15) is 10.1 Å². The van der Waals surface area contributed by atoms with Gasteiger partial charge in [0.25, 0.3) is 0 Å². The fraction of sp³-hybridized carbons (Fsp3) is 0.417. The fourth-order valence-corrected chi connectivity index (χ4v) is 1.31. The van der Waals surface area contributed by atoms with Crippen LogP contribution < -0.4 is 4.74 Å². The van der Waals surface area contributed by atoms with Gasteiger partial charge in [0.1, 0.15) is 0 Å². The van der Waals surface area contributed by atoms with Crippen LogP contribution in [0.25, 0.3) is 0 Å². The lowest BCUT2D eigenvalue weighted by Gasteiger charge is -2.08. The highest BCUT2D eigenvalue weighted by Gasteiger charge is 2.16. The molecule has 1 radical (unpaired) electrons. The molecule has 0 aliphatic carbocycles. The predicted octanol–water partition coefficient (Wildman–Crippen LogP) is 3.35. The monoisotopic (exact) mass is 222 g/mol. The molecule has 0 amide bonds. The van der Waals surface area contributed by atoms with Crippen LogP contribution in [0.3, 0.4) is 0 Å². The van der Waals surface area contributed by atoms with Crippen molar-refractivity contribution in [1.82, 2.24) is 0 Å². The highest BCUT2D eigenvalue weighted by atomic mass is 16.6. The fourth-order valence-electron chi connectivity index (χ4n) is 1.31. The molecule has 0 heterocycles. The Hall–Kier alpha value is -1.58. The van der Waals surface area contributed by atoms with Crippen LogP contribution in [-0.4, -0.2) is 11.5 Å². The molecular formula is C12H16NO3. The third kappa shape index (κ3) is 2.95. The lowest BCUT2D eigenvalue weighted by atomic mass is 10.0. The van der Waals surface area contributed by atoms with Gasteiger partial charge >= 0.3 is 5.69 Å². The number of nitro benzene ring substituents is 1. The van der Waals surface area contributed by atoms with Crippen LogP contribution in [0, 0.1) is 16.0 Å². The van der Waals surface area contributed by atoms with Crippen molar-refractivity contribution in [3.8, 4) is 5.75 Å². The predicted molar refractivity (Wildman–Crippen MR) is 62.6 cm³/mol. The second-order valence-electron chi connectivity index (χ2n) is 3.79. The molecule has 0 saturated heterocycles. The first-order valence-corrected chi connectivity index (χ1v) is 5.28. The Morgan fingerprint density at radius 3 is 2.62 bits per heavy atom. The summed E-state index contributed by atoms with van der Waals surface area (Å²) >= 11 is 0. The number of ether oxygens (including phenoxy) is 1. The summed E-state index contributed by atoms with van der Waals surface area (Å²) in [6.45, 7) is 6.30. The summed E-state index contributed by atoms with van der Waals surface area (Å²) in [7, 11) is 0. The largest absolute Gasteiger partial charge is 0.487 e. The van der Waals surface area contributed by atoms with E-state index in [2.05, 4.69) is 0 Å². The zero-order valence-corrected chi connectivity index (χ0v) is 9.82. The molecule has 0 fully saturated rings. The number of hydrogen-bond acceptors (Lipinski definition) is 3. The van der Waals surface area contributed by atoms with E-state index in [0.29, 0.717) is 12.4 Å². The Kier molecular flexibility index (Phi) is 4.28. The van der Waals surface area contributed by atoms with Gasteiger partial charge < -0.3 is 4.74 Å². The minimum Gasteiger partial charge on any atom is -0.487 e. The first-order chi connectivity index (χ1) is 7.56. The molecule has 0 aliphatic rings. The second-order valence-corrected chi connectivity index (χ2v) is 3.79. The number of nitrogens with zero attached hydrogens (tertiary/aromatic N) is 1. The maximum Gasteiger partial charge on any atom is 0.311 e. The van der Waals surface area contributed by atoms with Crippen molar-refractivity contribution in [2.75, 3.05) is 6.61 Å². The topological polar surface area (TPSA) is 52.4 Å². The van der Waals surface area contributed by atoms with Crippen molar-refractivity contribution in [3.63, 3.8) is 0 Å². The highest BCUT2D eigenvalue weighted by Crippen LogP contribution is 2.30. The molecule has 16 heavy (non-hydrogen) atoms. The third-order valence-electron chi connectivity index (χ3n) is 2.19. The lowest BCUT2D eigenvalue weighted by molar-refractivity contribution is -0.385. The molecule has 0 spiro atoms. The zero-order valence-electron chi connectivity index (χ0n) is 9.82. The first kappa shape index (κ1) is 12.5. The summed E-state index contributed by atoms with van der Waals surface area (Å²) < 4.78 is 5.33. The third-order valence-corrected chi connectivity index (χ3v) is 2.19. The van der Waals surface area contributed by atoms with Crippen LogP contribution >= 0.6 is 0 Å². The molecule has 1 aromatic carbocycles. The van der Waals surface area contributed by atoms with Gasteiger partial charge in [-0.15, -0.1) is 0 Å². The van der Waals surface area contributed by atoms with Crippen LogP contribution in [0.15, 0.2) is 18.2 Å². The molecule has 0 unspecified atom stereocenters. The Labute approximate surface area is 95.4 Å². The van der Waals surface area contributed by atoms with Crippen molar-refractivity contribution in [2.24, 2.45) is 0 Å². The Morgan fingerprint density at radius 2 is 2.12 bits per heavy atom. The Bertz CT molecular complexity index is 375. The van der Waals surface area contributed by atoms with Crippen LogP contribution in [-0.2, 0) is 0 Å². The smallest absolute Gasteiger partial charge is 0.311 e. The number of nitro groups is 1. The second kappa shape index (κ2) is 5.49. The molecule has 0 aliphatic heterocycles. The van der Waals surface area contributed by atoms with Gasteiger partial charge in [-0.25, -0.2) is 0 Å². The number of benzene rings is 1. The minimum atomic E-state index is -0.405. The van der Waals surface area contributed by atoms with Crippen molar-refractivity contribution >= 4 is 5.69 Å². The van der Waals surface area contributed by atoms with Crippen molar-refractivity contribution in [2.45, 2.75) is 27.2 Å². The van der Waals surface area contributed by atoms with Crippen LogP contribution in [0.5, 0.6) is 5.75 Å². The average molecular weight is 222 g/mol. The quantitative estimate of drug-likeness (QED) is 0.567. The van der Waals surface area contributed by atoms with E-state index >= 15 is 0 Å². The van der Waals surface area contributed by atoms with Crippen molar-refractivity contribution < 1.29 is 9.66 Å². The molecule has 4 nitrogen and oxygen atoms in total. The summed E-state index contributed by atoms with van der Waals surface area (Å²) in [5.41, 5.74) is 0.905. The molecular weight excluding hydrogens is 206 g/mol. The van der Waals surface area contributed by atoms with Gasteiger partial charge in [0.15, 0.2) is 5.75 Å². The van der Waals surface area contributed by atoms with E-state index < -0.39 is 4.92 Å². The van der Waals surface area contributed by atoms with Crippen LogP contribution in [0.1, 0.15) is 32.8 Å². The molecule has 1 rings (SSSR count). The molecule has 0 aromatic heterocycles. The maximum atomic E-state index is 10.9. The van der Waals surface area contributed by atoms with E-state index in [4.69, 9.17) is 4.74 Å². The highest BCUT2D eigenvalue weighted by molar-refractivity contribution is 5.51. The molecule has 0 bridgehead atoms. The van der Waals surface area contributed by atoms with Gasteiger partial charge in [-0.1, -0.05) is 26.8 Å². The molecule has 0 N–H and O–H groups in total. The number of rotatable bonds is 5. The van der Waals surface area contributed by atoms with Gasteiger partial charge in [-0.3, -0.25) is 10.1 Å². The summed E-state index contributed by atoms with van der Waals surface area (Å²) in [6.07, 6.45) is 0.831. The Balaban J connectivity index is 3.04. The van der Waals surface area contributed by atoms with E-state index in [-0.39, 0.29) is 5.69 Å². The minimum absolute atomic E-state index is 0.0344. The molecule has 0 atom stereocenters. The maximum absolute atomic E-state index is 10.9. The summed E-state index contributed by atoms with van der Waals surface area (Å²) in [6, 6.07) is 5.06. The van der Waals surface area contributed by atoms with E-state index in [1.807, 2.05) is 26.8 Å². The van der Waals surface area contributed by atoms with Crippen LogP contribution in [0.2, 0.25) is 0 Å². The average Bonchev–Trinajstić information content (AvgIpc) is 2.25. The zero-order chi connectivity index (χ0) is 12.1. The van der Waals surface area contributed by atoms with Gasteiger partial charge in [0.2, 0.25) is 0 Å². The van der Waals surface area contributed by atoms with Gasteiger partial charge in [-0.2, -0.15) is 0 Å². The van der Waals surface area contributed by atoms with Crippen LogP contribution in [0.4, 0.5) is 5.69 Å². The Morgan fingerprint density at radius 1 is 1.44 bits per heavy atom. The normalized spacial score (nSPS) is 10.5. The SMILES string of the molecule is CCCOc1ccc([C](C)C)cc1[N+](=O)[O-].